The van der Waals surface area contributed by atoms with Gasteiger partial charge in [-0.15, -0.1) is 0 Å². The largest absolute Gasteiger partial charge is 0.486 e. The fourth-order valence-corrected chi connectivity index (χ4v) is 2.47. The molecule has 3 rings (SSSR count). The van der Waals surface area contributed by atoms with E-state index in [2.05, 4.69) is 20.9 Å². The van der Waals surface area contributed by atoms with Crippen LogP contribution in [0.5, 0.6) is 5.75 Å². The normalized spacial score (nSPS) is 10.8. The van der Waals surface area contributed by atoms with Crippen LogP contribution in [-0.2, 0) is 11.9 Å². The lowest BCUT2D eigenvalue weighted by Crippen LogP contribution is -1.98. The van der Waals surface area contributed by atoms with Crippen molar-refractivity contribution in [2.75, 3.05) is 0 Å². The fourth-order valence-electron chi connectivity index (χ4n) is 2.12. The number of aromatic nitrogens is 1. The molecule has 0 fully saturated rings. The van der Waals surface area contributed by atoms with Crippen molar-refractivity contribution in [2.24, 2.45) is 0 Å². The molecule has 1 aromatic heterocycles. The Morgan fingerprint density at radius 3 is 2.71 bits per heavy atom. The van der Waals surface area contributed by atoms with Crippen LogP contribution >= 0.6 is 15.9 Å². The van der Waals surface area contributed by atoms with E-state index in [4.69, 9.17) is 4.74 Å². The highest BCUT2D eigenvalue weighted by atomic mass is 79.9. The van der Waals surface area contributed by atoms with Crippen LogP contribution in [0, 0.1) is 5.82 Å². The predicted molar refractivity (Wildman–Crippen MR) is 85.1 cm³/mol. The second-order valence-electron chi connectivity index (χ2n) is 4.72. The quantitative estimate of drug-likeness (QED) is 0.630. The molecule has 2 aromatic carbocycles. The Hall–Kier alpha value is -1.94. The number of alkyl halides is 1. The number of halogens is 2. The van der Waals surface area contributed by atoms with Crippen molar-refractivity contribution >= 4 is 26.8 Å². The standard InChI is InChI=1S/C17H13BrFNO/c18-10-12-4-6-17(15(19)9-12)21-11-13-3-5-16-14(8-13)2-1-7-20-16/h1-9H,10-11H2. The first kappa shape index (κ1) is 14.0. The summed E-state index contributed by atoms with van der Waals surface area (Å²) in [5.41, 5.74) is 2.81. The Kier molecular flexibility index (Phi) is 4.15. The summed E-state index contributed by atoms with van der Waals surface area (Å²) in [5.74, 6) is -0.0691. The third-order valence-corrected chi connectivity index (χ3v) is 3.86. The zero-order valence-electron chi connectivity index (χ0n) is 11.2. The van der Waals surface area contributed by atoms with Gasteiger partial charge in [-0.3, -0.25) is 4.98 Å². The van der Waals surface area contributed by atoms with Crippen LogP contribution in [0.2, 0.25) is 0 Å². The number of pyridine rings is 1. The van der Waals surface area contributed by atoms with Gasteiger partial charge in [0.25, 0.3) is 0 Å². The van der Waals surface area contributed by atoms with Gasteiger partial charge < -0.3 is 4.74 Å². The van der Waals surface area contributed by atoms with Crippen molar-refractivity contribution in [3.05, 3.63) is 71.7 Å². The van der Waals surface area contributed by atoms with Crippen molar-refractivity contribution in [2.45, 2.75) is 11.9 Å². The molecule has 0 aliphatic carbocycles. The molecule has 106 valence electrons. The smallest absolute Gasteiger partial charge is 0.165 e. The van der Waals surface area contributed by atoms with Crippen molar-refractivity contribution in [1.82, 2.24) is 4.98 Å². The van der Waals surface area contributed by atoms with Crippen LogP contribution in [0.1, 0.15) is 11.1 Å². The van der Waals surface area contributed by atoms with Gasteiger partial charge in [-0.2, -0.15) is 0 Å². The first-order valence-electron chi connectivity index (χ1n) is 6.57. The Bertz CT molecular complexity index is 776. The van der Waals surface area contributed by atoms with E-state index in [1.807, 2.05) is 36.4 Å². The number of rotatable bonds is 4. The Balaban J connectivity index is 1.77. The van der Waals surface area contributed by atoms with Crippen LogP contribution in [-0.4, -0.2) is 4.98 Å². The molecule has 3 aromatic rings. The summed E-state index contributed by atoms with van der Waals surface area (Å²) in [7, 11) is 0. The van der Waals surface area contributed by atoms with E-state index in [0.29, 0.717) is 11.9 Å². The van der Waals surface area contributed by atoms with Crippen molar-refractivity contribution in [3.8, 4) is 5.75 Å². The van der Waals surface area contributed by atoms with Gasteiger partial charge in [0, 0.05) is 16.9 Å². The number of nitrogens with zero attached hydrogens (tertiary/aromatic N) is 1. The van der Waals surface area contributed by atoms with E-state index in [1.165, 1.54) is 6.07 Å². The minimum Gasteiger partial charge on any atom is -0.486 e. The molecule has 4 heteroatoms. The summed E-state index contributed by atoms with van der Waals surface area (Å²) < 4.78 is 19.4. The van der Waals surface area contributed by atoms with E-state index in [-0.39, 0.29) is 11.6 Å². The number of hydrogen-bond donors (Lipinski definition) is 0. The van der Waals surface area contributed by atoms with E-state index in [1.54, 1.807) is 12.3 Å². The summed E-state index contributed by atoms with van der Waals surface area (Å²) in [5, 5.41) is 1.68. The van der Waals surface area contributed by atoms with E-state index < -0.39 is 0 Å². The fraction of sp³-hybridized carbons (Fsp3) is 0.118. The maximum Gasteiger partial charge on any atom is 0.165 e. The summed E-state index contributed by atoms with van der Waals surface area (Å²) in [6, 6.07) is 14.8. The SMILES string of the molecule is Fc1cc(CBr)ccc1OCc1ccc2ncccc2c1. The van der Waals surface area contributed by atoms with Crippen LogP contribution in [0.3, 0.4) is 0 Å². The average molecular weight is 346 g/mol. The zero-order valence-corrected chi connectivity index (χ0v) is 12.8. The zero-order chi connectivity index (χ0) is 14.7. The van der Waals surface area contributed by atoms with Crippen LogP contribution in [0.4, 0.5) is 4.39 Å². The van der Waals surface area contributed by atoms with Gasteiger partial charge in [-0.1, -0.05) is 34.1 Å². The Morgan fingerprint density at radius 2 is 1.90 bits per heavy atom. The molecular weight excluding hydrogens is 333 g/mol. The number of hydrogen-bond acceptors (Lipinski definition) is 2. The summed E-state index contributed by atoms with van der Waals surface area (Å²) in [6.45, 7) is 0.329. The van der Waals surface area contributed by atoms with Crippen LogP contribution in [0.25, 0.3) is 10.9 Å². The molecule has 0 unspecified atom stereocenters. The maximum absolute atomic E-state index is 13.8. The number of benzene rings is 2. The van der Waals surface area contributed by atoms with Gasteiger partial charge in [0.2, 0.25) is 0 Å². The molecule has 1 heterocycles. The van der Waals surface area contributed by atoms with Crippen molar-refractivity contribution < 1.29 is 9.13 Å². The lowest BCUT2D eigenvalue weighted by molar-refractivity contribution is 0.290. The van der Waals surface area contributed by atoms with Crippen LogP contribution < -0.4 is 4.74 Å². The summed E-state index contributed by atoms with van der Waals surface area (Å²) in [6.07, 6.45) is 1.76. The highest BCUT2D eigenvalue weighted by Crippen LogP contribution is 2.21. The number of fused-ring (bicyclic) bond motifs is 1. The highest BCUT2D eigenvalue weighted by Gasteiger charge is 2.05. The molecule has 0 bridgehead atoms. The summed E-state index contributed by atoms with van der Waals surface area (Å²) >= 11 is 3.30. The van der Waals surface area contributed by atoms with E-state index in [0.717, 1.165) is 22.0 Å². The molecular formula is C17H13BrFNO. The Morgan fingerprint density at radius 1 is 1.05 bits per heavy atom. The second kappa shape index (κ2) is 6.22. The molecule has 0 saturated heterocycles. The lowest BCUT2D eigenvalue weighted by atomic mass is 10.1. The summed E-state index contributed by atoms with van der Waals surface area (Å²) in [4.78, 5) is 4.27. The van der Waals surface area contributed by atoms with Gasteiger partial charge >= 0.3 is 0 Å². The average Bonchev–Trinajstić information content (AvgIpc) is 2.53. The third-order valence-electron chi connectivity index (χ3n) is 3.21. The second-order valence-corrected chi connectivity index (χ2v) is 5.28. The van der Waals surface area contributed by atoms with E-state index in [9.17, 15) is 4.39 Å². The molecule has 0 spiro atoms. The van der Waals surface area contributed by atoms with Crippen LogP contribution in [0.15, 0.2) is 54.7 Å². The lowest BCUT2D eigenvalue weighted by Gasteiger charge is -2.09. The molecule has 0 saturated carbocycles. The first-order chi connectivity index (χ1) is 10.3. The van der Waals surface area contributed by atoms with Crippen molar-refractivity contribution in [3.63, 3.8) is 0 Å². The maximum atomic E-state index is 13.8. The molecule has 0 N–H and O–H groups in total. The number of ether oxygens (including phenoxy) is 1. The molecule has 21 heavy (non-hydrogen) atoms. The van der Waals surface area contributed by atoms with Gasteiger partial charge in [-0.25, -0.2) is 4.39 Å². The molecule has 0 amide bonds. The molecule has 0 radical (unpaired) electrons. The van der Waals surface area contributed by atoms with Gasteiger partial charge in [0.05, 0.1) is 5.52 Å². The van der Waals surface area contributed by atoms with E-state index >= 15 is 0 Å². The van der Waals surface area contributed by atoms with Gasteiger partial charge in [0.15, 0.2) is 11.6 Å². The molecule has 2 nitrogen and oxygen atoms in total. The monoisotopic (exact) mass is 345 g/mol. The highest BCUT2D eigenvalue weighted by molar-refractivity contribution is 9.08. The molecule has 0 aliphatic rings. The molecule has 0 atom stereocenters. The van der Waals surface area contributed by atoms with Gasteiger partial charge in [-0.05, 0) is 41.5 Å². The Labute approximate surface area is 130 Å². The third kappa shape index (κ3) is 3.22. The van der Waals surface area contributed by atoms with Gasteiger partial charge in [0.1, 0.15) is 6.61 Å². The minimum absolute atomic E-state index is 0.269. The minimum atomic E-state index is -0.339. The predicted octanol–water partition coefficient (Wildman–Crippen LogP) is 4.85. The first-order valence-corrected chi connectivity index (χ1v) is 7.69. The van der Waals surface area contributed by atoms with Crippen molar-refractivity contribution in [1.29, 1.82) is 0 Å². The topological polar surface area (TPSA) is 22.1 Å². The molecule has 0 aliphatic heterocycles.